The van der Waals surface area contributed by atoms with Gasteiger partial charge in [-0.3, -0.25) is 4.79 Å². The van der Waals surface area contributed by atoms with Crippen LogP contribution in [0.5, 0.6) is 0 Å². The van der Waals surface area contributed by atoms with E-state index in [0.717, 1.165) is 16.5 Å². The molecule has 86 valence electrons. The predicted octanol–water partition coefficient (Wildman–Crippen LogP) is 1.66. The second-order valence-electron chi connectivity index (χ2n) is 3.46. The van der Waals surface area contributed by atoms with Crippen molar-refractivity contribution < 1.29 is 14.7 Å². The van der Waals surface area contributed by atoms with Gasteiger partial charge in [0.05, 0.1) is 11.1 Å². The third kappa shape index (κ3) is 1.94. The maximum Gasteiger partial charge on any atom is 0.404 e. The summed E-state index contributed by atoms with van der Waals surface area (Å²) in [5.74, 6) is 0.0561. The van der Waals surface area contributed by atoms with E-state index in [9.17, 15) is 9.59 Å². The third-order valence-electron chi connectivity index (χ3n) is 2.41. The van der Waals surface area contributed by atoms with E-state index in [1.54, 1.807) is 6.07 Å². The number of hydrogen-bond donors (Lipinski definition) is 2. The lowest BCUT2D eigenvalue weighted by molar-refractivity contribution is 0.104. The van der Waals surface area contributed by atoms with E-state index in [0.29, 0.717) is 5.69 Å². The van der Waals surface area contributed by atoms with E-state index < -0.39 is 6.09 Å². The van der Waals surface area contributed by atoms with E-state index in [1.165, 1.54) is 7.05 Å². The Labute approximate surface area is 97.1 Å². The fourth-order valence-corrected chi connectivity index (χ4v) is 1.59. The lowest BCUT2D eigenvalue weighted by Gasteiger charge is -1.90. The summed E-state index contributed by atoms with van der Waals surface area (Å²) >= 11 is 0. The minimum atomic E-state index is -0.995. The lowest BCUT2D eigenvalue weighted by atomic mass is 10.1. The predicted molar refractivity (Wildman–Crippen MR) is 62.3 cm³/mol. The number of hydrogen-bond acceptors (Lipinski definition) is 3. The summed E-state index contributed by atoms with van der Waals surface area (Å²) in [5, 5.41) is 10.6. The molecule has 1 aliphatic heterocycles. The highest BCUT2D eigenvalue weighted by atomic mass is 16.4. The maximum atomic E-state index is 11.5. The van der Waals surface area contributed by atoms with Crippen LogP contribution in [-0.4, -0.2) is 29.0 Å². The van der Waals surface area contributed by atoms with Crippen LogP contribution in [0.2, 0.25) is 0 Å². The van der Waals surface area contributed by atoms with Crippen molar-refractivity contribution in [3.63, 3.8) is 0 Å². The molecule has 1 aromatic carbocycles. The molecule has 17 heavy (non-hydrogen) atoms. The fourth-order valence-electron chi connectivity index (χ4n) is 1.59. The first-order valence-corrected chi connectivity index (χ1v) is 4.98. The molecular weight excluding hydrogens is 220 g/mol. The Morgan fingerprint density at radius 1 is 1.29 bits per heavy atom. The Bertz CT molecular complexity index is 608. The maximum absolute atomic E-state index is 11.5. The minimum Gasteiger partial charge on any atom is -0.465 e. The van der Waals surface area contributed by atoms with Crippen molar-refractivity contribution in [3.8, 4) is 0 Å². The molecule has 0 saturated carbocycles. The zero-order valence-electron chi connectivity index (χ0n) is 9.10. The fraction of sp³-hybridized carbons (Fsp3) is 0.0833. The number of carbonyl (C=O) groups excluding carboxylic acids is 1. The molecule has 1 aliphatic rings. The summed E-state index contributed by atoms with van der Waals surface area (Å²) in [7, 11) is 1.35. The van der Waals surface area contributed by atoms with E-state index in [2.05, 4.69) is 4.98 Å². The van der Waals surface area contributed by atoms with Crippen LogP contribution in [-0.2, 0) is 0 Å². The van der Waals surface area contributed by atoms with Gasteiger partial charge in [-0.25, -0.2) is 9.78 Å². The summed E-state index contributed by atoms with van der Waals surface area (Å²) in [4.78, 5) is 24.9. The van der Waals surface area contributed by atoms with E-state index in [1.807, 2.05) is 29.6 Å². The third-order valence-corrected chi connectivity index (χ3v) is 2.41. The van der Waals surface area contributed by atoms with Gasteiger partial charge < -0.3 is 10.4 Å². The molecule has 5 heteroatoms. The zero-order valence-corrected chi connectivity index (χ0v) is 9.10. The number of amides is 1. The van der Waals surface area contributed by atoms with Gasteiger partial charge in [0.1, 0.15) is 5.69 Å². The van der Waals surface area contributed by atoms with Gasteiger partial charge in [-0.15, -0.1) is 0 Å². The quantitative estimate of drug-likeness (QED) is 0.615. The van der Waals surface area contributed by atoms with Crippen molar-refractivity contribution in [3.05, 3.63) is 41.6 Å². The smallest absolute Gasteiger partial charge is 0.404 e. The Morgan fingerprint density at radius 2 is 2.00 bits per heavy atom. The van der Waals surface area contributed by atoms with Crippen molar-refractivity contribution in [1.29, 1.82) is 0 Å². The number of benzene rings is 1. The SMILES string of the molecule is CNC(=O)O.O=C1c2ccc3cccc1c3n2. The second-order valence-corrected chi connectivity index (χ2v) is 3.46. The average Bonchev–Trinajstić information content (AvgIpc) is 2.65. The molecule has 0 fully saturated rings. The van der Waals surface area contributed by atoms with Crippen molar-refractivity contribution in [2.45, 2.75) is 0 Å². The number of carboxylic acid groups (broad SMARTS) is 1. The highest BCUT2D eigenvalue weighted by Crippen LogP contribution is 2.25. The van der Waals surface area contributed by atoms with E-state index in [-0.39, 0.29) is 5.78 Å². The number of aromatic nitrogens is 1. The van der Waals surface area contributed by atoms with Crippen LogP contribution < -0.4 is 5.32 Å². The van der Waals surface area contributed by atoms with Gasteiger partial charge in [-0.2, -0.15) is 0 Å². The van der Waals surface area contributed by atoms with Crippen LogP contribution >= 0.6 is 0 Å². The van der Waals surface area contributed by atoms with Crippen LogP contribution in [0.3, 0.4) is 0 Å². The summed E-state index contributed by atoms with van der Waals surface area (Å²) in [5.41, 5.74) is 2.16. The van der Waals surface area contributed by atoms with Gasteiger partial charge in [-0.1, -0.05) is 18.2 Å². The van der Waals surface area contributed by atoms with Gasteiger partial charge in [0.15, 0.2) is 0 Å². The number of ketones is 1. The topological polar surface area (TPSA) is 79.3 Å². The van der Waals surface area contributed by atoms with Crippen LogP contribution in [0.1, 0.15) is 16.1 Å². The summed E-state index contributed by atoms with van der Waals surface area (Å²) in [6.07, 6.45) is -0.995. The normalized spacial score (nSPS) is 11.2. The number of nitrogens with zero attached hydrogens (tertiary/aromatic N) is 1. The number of nitrogens with one attached hydrogen (secondary N) is 1. The Hall–Kier alpha value is -2.43. The van der Waals surface area contributed by atoms with Crippen molar-refractivity contribution >= 4 is 22.8 Å². The first-order chi connectivity index (χ1) is 8.13. The molecule has 2 aromatic rings. The van der Waals surface area contributed by atoms with Crippen LogP contribution in [0.4, 0.5) is 4.79 Å². The first-order valence-electron chi connectivity index (χ1n) is 4.98. The average molecular weight is 230 g/mol. The standard InChI is InChI=1S/C10H5NO.C2H5NO2/c12-10-7-3-1-2-6-4-5-8(10)11-9(6)7;1-3-2(4)5/h1-5H;3H,1H3,(H,4,5). The highest BCUT2D eigenvalue weighted by molar-refractivity contribution is 6.18. The molecule has 0 saturated heterocycles. The second kappa shape index (κ2) is 4.21. The summed E-state index contributed by atoms with van der Waals surface area (Å²) < 4.78 is 0. The van der Waals surface area contributed by atoms with Gasteiger partial charge in [-0.05, 0) is 12.1 Å². The molecule has 0 radical (unpaired) electrons. The molecule has 0 atom stereocenters. The highest BCUT2D eigenvalue weighted by Gasteiger charge is 2.21. The van der Waals surface area contributed by atoms with Gasteiger partial charge in [0.2, 0.25) is 5.78 Å². The minimum absolute atomic E-state index is 0.0561. The molecule has 2 heterocycles. The molecule has 3 rings (SSSR count). The largest absolute Gasteiger partial charge is 0.465 e. The molecule has 1 aromatic heterocycles. The van der Waals surface area contributed by atoms with Crippen LogP contribution in [0, 0.1) is 0 Å². The van der Waals surface area contributed by atoms with Crippen LogP contribution in [0.25, 0.3) is 10.9 Å². The van der Waals surface area contributed by atoms with Crippen molar-refractivity contribution in [2.24, 2.45) is 0 Å². The molecule has 1 amide bonds. The number of fused-ring (bicyclic) bond motifs is 1. The molecule has 2 bridgehead atoms. The van der Waals surface area contributed by atoms with Crippen molar-refractivity contribution in [2.75, 3.05) is 7.05 Å². The number of carbonyl (C=O) groups is 2. The Morgan fingerprint density at radius 3 is 2.65 bits per heavy atom. The van der Waals surface area contributed by atoms with Gasteiger partial charge in [0, 0.05) is 12.4 Å². The molecule has 5 nitrogen and oxygen atoms in total. The van der Waals surface area contributed by atoms with Crippen molar-refractivity contribution in [1.82, 2.24) is 10.3 Å². The zero-order chi connectivity index (χ0) is 12.4. The first kappa shape index (κ1) is 11.1. The summed E-state index contributed by atoms with van der Waals surface area (Å²) in [6.45, 7) is 0. The van der Waals surface area contributed by atoms with Gasteiger partial charge in [0.25, 0.3) is 0 Å². The van der Waals surface area contributed by atoms with Crippen LogP contribution in [0.15, 0.2) is 30.3 Å². The lowest BCUT2D eigenvalue weighted by Crippen LogP contribution is -2.13. The number of rotatable bonds is 0. The monoisotopic (exact) mass is 230 g/mol. The number of pyridine rings is 1. The van der Waals surface area contributed by atoms with Gasteiger partial charge >= 0.3 is 6.09 Å². The Balaban J connectivity index is 0.000000188. The van der Waals surface area contributed by atoms with E-state index in [4.69, 9.17) is 5.11 Å². The number of para-hydroxylation sites is 1. The van der Waals surface area contributed by atoms with E-state index >= 15 is 0 Å². The molecule has 0 aliphatic carbocycles. The summed E-state index contributed by atoms with van der Waals surface area (Å²) in [6, 6.07) is 9.39. The molecular formula is C12H10N2O3. The molecule has 2 N–H and O–H groups in total. The molecule has 0 unspecified atom stereocenters. The Kier molecular flexibility index (Phi) is 2.74. The molecule has 0 spiro atoms.